The van der Waals surface area contributed by atoms with Gasteiger partial charge in [-0.05, 0) is 25.1 Å². The Kier molecular flexibility index (Phi) is 4.84. The van der Waals surface area contributed by atoms with Crippen LogP contribution < -0.4 is 4.43 Å². The summed E-state index contributed by atoms with van der Waals surface area (Å²) in [6.45, 7) is 1.77. The Morgan fingerprint density at radius 3 is 2.48 bits per heavy atom. The number of aromatic nitrogens is 2. The van der Waals surface area contributed by atoms with Crippen molar-refractivity contribution in [3.8, 4) is 11.3 Å². The highest BCUT2D eigenvalue weighted by molar-refractivity contribution is 5.79. The molecular weight excluding hydrogens is 354 g/mol. The molecule has 3 rings (SSSR count). The number of ether oxygens (including phenoxy) is 1. The molecule has 0 radical (unpaired) electrons. The van der Waals surface area contributed by atoms with Gasteiger partial charge in [0.2, 0.25) is 0 Å². The Labute approximate surface area is 152 Å². The van der Waals surface area contributed by atoms with Crippen molar-refractivity contribution in [3.63, 3.8) is 0 Å². The van der Waals surface area contributed by atoms with E-state index in [1.165, 1.54) is 36.4 Å². The van der Waals surface area contributed by atoms with Crippen LogP contribution in [0.2, 0.25) is 0 Å². The number of hydrogen-bond donors (Lipinski definition) is 0. The monoisotopic (exact) mass is 369 g/mol. The van der Waals surface area contributed by atoms with E-state index >= 15 is 0 Å². The number of nitrogens with zero attached hydrogens (tertiary/aromatic N) is 3. The minimum Gasteiger partial charge on any atom is -0.805 e. The number of hydrogen-bond acceptors (Lipinski definition) is 6. The predicted molar refractivity (Wildman–Crippen MR) is 96.5 cm³/mol. The Hall–Kier alpha value is -3.75. The third-order valence-corrected chi connectivity index (χ3v) is 4.01. The van der Waals surface area contributed by atoms with Gasteiger partial charge in [0.1, 0.15) is 11.2 Å². The topological polar surface area (TPSA) is 120 Å². The maximum absolute atomic E-state index is 12.9. The third kappa shape index (κ3) is 3.34. The van der Waals surface area contributed by atoms with Crippen LogP contribution in [0, 0.1) is 20.2 Å². The molecule has 0 aliphatic rings. The van der Waals surface area contributed by atoms with Gasteiger partial charge in [-0.3, -0.25) is 14.9 Å². The maximum Gasteiger partial charge on any atom is 0.312 e. The van der Waals surface area contributed by atoms with Crippen molar-refractivity contribution in [1.82, 2.24) is 4.73 Å². The number of para-hydroxylation sites is 2. The lowest BCUT2D eigenvalue weighted by atomic mass is 10.1. The molecule has 0 saturated heterocycles. The number of nitro groups is 1. The molecule has 1 heterocycles. The standard InChI is InChI=1S/C18H15N3O6/c1-2-27-17(22)11-16-18(12-7-9-13(10-8-12)21(25)26)20(24)15-6-4-3-5-14(15)19(16)23/h3-10H,2,11H2,1H3. The van der Waals surface area contributed by atoms with Gasteiger partial charge in [0.15, 0.2) is 0 Å². The molecule has 138 valence electrons. The number of rotatable bonds is 5. The van der Waals surface area contributed by atoms with Crippen LogP contribution in [0.4, 0.5) is 5.69 Å². The summed E-state index contributed by atoms with van der Waals surface area (Å²) in [5.41, 5.74) is 0.220. The van der Waals surface area contributed by atoms with E-state index in [0.717, 1.165) is 0 Å². The Balaban J connectivity index is 2.28. The lowest BCUT2D eigenvalue weighted by Gasteiger charge is -2.18. The molecule has 9 nitrogen and oxygen atoms in total. The smallest absolute Gasteiger partial charge is 0.312 e. The lowest BCUT2D eigenvalue weighted by Crippen LogP contribution is -2.26. The molecule has 0 amide bonds. The van der Waals surface area contributed by atoms with Crippen molar-refractivity contribution in [1.29, 1.82) is 0 Å². The number of fused-ring (bicyclic) bond motifs is 1. The molecule has 0 bridgehead atoms. The largest absolute Gasteiger partial charge is 0.805 e. The number of carbonyl (C=O) groups excluding carboxylic acids is 1. The summed E-state index contributed by atoms with van der Waals surface area (Å²) >= 11 is 0. The van der Waals surface area contributed by atoms with Gasteiger partial charge in [0, 0.05) is 23.1 Å². The van der Waals surface area contributed by atoms with Gasteiger partial charge in [0.05, 0.1) is 27.9 Å². The fourth-order valence-electron chi connectivity index (χ4n) is 2.82. The van der Waals surface area contributed by atoms with E-state index in [-0.39, 0.29) is 40.3 Å². The molecule has 0 atom stereocenters. The summed E-state index contributed by atoms with van der Waals surface area (Å²) in [4.78, 5) is 35.2. The summed E-state index contributed by atoms with van der Waals surface area (Å²) < 4.78 is 5.98. The zero-order valence-corrected chi connectivity index (χ0v) is 14.3. The average Bonchev–Trinajstić information content (AvgIpc) is 2.66. The first-order chi connectivity index (χ1) is 12.9. The van der Waals surface area contributed by atoms with Crippen molar-refractivity contribution >= 4 is 22.7 Å². The molecule has 0 spiro atoms. The number of carbonyl (C=O) groups is 1. The van der Waals surface area contributed by atoms with Crippen molar-refractivity contribution in [2.75, 3.05) is 6.61 Å². The molecule has 3 aromatic rings. The Bertz CT molecular complexity index is 1090. The van der Waals surface area contributed by atoms with E-state index in [0.29, 0.717) is 9.16 Å². The normalized spacial score (nSPS) is 10.7. The summed E-state index contributed by atoms with van der Waals surface area (Å²) in [5, 5.41) is 23.7. The first-order valence-electron chi connectivity index (χ1n) is 8.11. The van der Waals surface area contributed by atoms with Crippen molar-refractivity contribution in [3.05, 3.63) is 74.5 Å². The van der Waals surface area contributed by atoms with Gasteiger partial charge < -0.3 is 14.7 Å². The zero-order valence-electron chi connectivity index (χ0n) is 14.3. The van der Waals surface area contributed by atoms with Crippen LogP contribution in [0.3, 0.4) is 0 Å². The zero-order chi connectivity index (χ0) is 19.6. The lowest BCUT2D eigenvalue weighted by molar-refractivity contribution is -0.452. The molecule has 27 heavy (non-hydrogen) atoms. The summed E-state index contributed by atoms with van der Waals surface area (Å²) in [6, 6.07) is 11.4. The van der Waals surface area contributed by atoms with Crippen molar-refractivity contribution < 1.29 is 18.9 Å². The van der Waals surface area contributed by atoms with E-state index in [1.54, 1.807) is 19.1 Å². The number of non-ortho nitro benzene ring substituents is 1. The number of esters is 1. The van der Waals surface area contributed by atoms with Crippen LogP contribution in [-0.2, 0) is 16.0 Å². The molecule has 2 aromatic carbocycles. The number of nitro benzene ring substituents is 1. The summed E-state index contributed by atoms with van der Waals surface area (Å²) in [6.07, 6.45) is -0.406. The fraction of sp³-hybridized carbons (Fsp3) is 0.167. The number of benzene rings is 2. The minimum absolute atomic E-state index is 0.0494. The van der Waals surface area contributed by atoms with Crippen LogP contribution in [0.25, 0.3) is 22.3 Å². The Morgan fingerprint density at radius 2 is 1.85 bits per heavy atom. The predicted octanol–water partition coefficient (Wildman–Crippen LogP) is 2.58. The first kappa shape index (κ1) is 18.1. The minimum atomic E-state index is -0.652. The van der Waals surface area contributed by atoms with Gasteiger partial charge in [0.25, 0.3) is 16.9 Å². The molecular formula is C18H15N3O6. The van der Waals surface area contributed by atoms with Crippen LogP contribution in [0.5, 0.6) is 0 Å². The second kappa shape index (κ2) is 7.24. The van der Waals surface area contributed by atoms with Gasteiger partial charge in [-0.2, -0.15) is 0 Å². The average molecular weight is 369 g/mol. The second-order valence-corrected chi connectivity index (χ2v) is 5.66. The molecule has 0 saturated carbocycles. The van der Waals surface area contributed by atoms with Crippen LogP contribution in [0.15, 0.2) is 48.5 Å². The van der Waals surface area contributed by atoms with E-state index in [1.807, 2.05) is 0 Å². The highest BCUT2D eigenvalue weighted by Gasteiger charge is 2.26. The van der Waals surface area contributed by atoms with Crippen molar-refractivity contribution in [2.45, 2.75) is 13.3 Å². The van der Waals surface area contributed by atoms with Crippen LogP contribution >= 0.6 is 0 Å². The second-order valence-electron chi connectivity index (χ2n) is 5.66. The summed E-state index contributed by atoms with van der Waals surface area (Å²) in [5.74, 6) is -0.652. The molecule has 1 aromatic heterocycles. The SMILES string of the molecule is CCOC(=O)Cc1c(-c2ccc([N+](=O)[O-])cc2)[n+](=O)c2ccccc2n1[O-]. The first-order valence-corrected chi connectivity index (χ1v) is 8.11. The van der Waals surface area contributed by atoms with Crippen molar-refractivity contribution in [2.24, 2.45) is 0 Å². The van der Waals surface area contributed by atoms with E-state index < -0.39 is 17.3 Å². The molecule has 0 unspecified atom stereocenters. The molecule has 0 fully saturated rings. The molecule has 0 aliphatic heterocycles. The van der Waals surface area contributed by atoms with Gasteiger partial charge >= 0.3 is 5.97 Å². The quantitative estimate of drug-likeness (QED) is 0.295. The van der Waals surface area contributed by atoms with Gasteiger partial charge in [-0.25, -0.2) is 0 Å². The van der Waals surface area contributed by atoms with E-state index in [4.69, 9.17) is 4.74 Å². The fourth-order valence-corrected chi connectivity index (χ4v) is 2.82. The third-order valence-electron chi connectivity index (χ3n) is 4.01. The van der Waals surface area contributed by atoms with Gasteiger partial charge in [-0.1, -0.05) is 12.1 Å². The molecule has 0 N–H and O–H groups in total. The van der Waals surface area contributed by atoms with E-state index in [9.17, 15) is 25.0 Å². The maximum atomic E-state index is 12.9. The Morgan fingerprint density at radius 1 is 1.19 bits per heavy atom. The van der Waals surface area contributed by atoms with Crippen LogP contribution in [-0.4, -0.2) is 22.2 Å². The van der Waals surface area contributed by atoms with Crippen LogP contribution in [0.1, 0.15) is 12.6 Å². The van der Waals surface area contributed by atoms with E-state index in [2.05, 4.69) is 0 Å². The molecule has 9 heteroatoms. The highest BCUT2D eigenvalue weighted by Crippen LogP contribution is 2.25. The van der Waals surface area contributed by atoms with Gasteiger partial charge in [-0.15, -0.1) is 0 Å². The molecule has 0 aliphatic carbocycles. The summed E-state index contributed by atoms with van der Waals surface area (Å²) in [7, 11) is 0. The highest BCUT2D eigenvalue weighted by atomic mass is 16.6.